The van der Waals surface area contributed by atoms with E-state index in [9.17, 15) is 9.59 Å². The van der Waals surface area contributed by atoms with Gasteiger partial charge in [-0.25, -0.2) is 9.36 Å². The van der Waals surface area contributed by atoms with Gasteiger partial charge in [0, 0.05) is 12.3 Å². The lowest BCUT2D eigenvalue weighted by Gasteiger charge is -2.10. The minimum atomic E-state index is -0.348. The predicted molar refractivity (Wildman–Crippen MR) is 83.4 cm³/mol. The zero-order valence-electron chi connectivity index (χ0n) is 12.0. The molecule has 0 N–H and O–H groups in total. The monoisotopic (exact) mass is 280 g/mol. The van der Waals surface area contributed by atoms with Crippen molar-refractivity contribution in [2.75, 3.05) is 0 Å². The molecule has 4 heteroatoms. The Bertz CT molecular complexity index is 920. The molecule has 0 spiro atoms. The molecule has 0 amide bonds. The van der Waals surface area contributed by atoms with E-state index in [1.54, 1.807) is 30.5 Å². The molecule has 0 bridgehead atoms. The van der Waals surface area contributed by atoms with Gasteiger partial charge in [-0.2, -0.15) is 0 Å². The smallest absolute Gasteiger partial charge is 0.269 e. The highest BCUT2D eigenvalue weighted by Crippen LogP contribution is 2.16. The Morgan fingerprint density at radius 3 is 2.52 bits per heavy atom. The molecule has 0 atom stereocenters. The van der Waals surface area contributed by atoms with Crippen LogP contribution in [0.1, 0.15) is 25.3 Å². The maximum absolute atomic E-state index is 12.6. The second-order valence-corrected chi connectivity index (χ2v) is 5.35. The van der Waals surface area contributed by atoms with Gasteiger partial charge in [-0.15, -0.1) is 0 Å². The number of benzene rings is 1. The Morgan fingerprint density at radius 2 is 1.76 bits per heavy atom. The zero-order valence-corrected chi connectivity index (χ0v) is 12.0. The van der Waals surface area contributed by atoms with Crippen molar-refractivity contribution in [2.45, 2.75) is 19.8 Å². The third-order valence-corrected chi connectivity index (χ3v) is 3.58. The van der Waals surface area contributed by atoms with Crippen molar-refractivity contribution in [2.24, 2.45) is 0 Å². The van der Waals surface area contributed by atoms with Crippen LogP contribution in [0.5, 0.6) is 0 Å². The standard InChI is InChI=1S/C17H16N2O2/c1-12(2)13-6-5-8-15(10-13)19-16(20)11-14-7-3-4-9-18(14)17(19)21/h3-12H,1-2H3. The summed E-state index contributed by atoms with van der Waals surface area (Å²) in [5.74, 6) is 0.337. The number of pyridine rings is 1. The first-order valence-electron chi connectivity index (χ1n) is 6.92. The number of fused-ring (bicyclic) bond motifs is 1. The van der Waals surface area contributed by atoms with Crippen molar-refractivity contribution in [1.29, 1.82) is 0 Å². The van der Waals surface area contributed by atoms with Gasteiger partial charge in [-0.05, 0) is 35.7 Å². The van der Waals surface area contributed by atoms with Crippen molar-refractivity contribution in [1.82, 2.24) is 8.97 Å². The number of rotatable bonds is 2. The van der Waals surface area contributed by atoms with Gasteiger partial charge in [0.05, 0.1) is 11.2 Å². The van der Waals surface area contributed by atoms with Gasteiger partial charge in [-0.1, -0.05) is 32.0 Å². The van der Waals surface area contributed by atoms with Gasteiger partial charge >= 0.3 is 5.69 Å². The molecule has 106 valence electrons. The summed E-state index contributed by atoms with van der Waals surface area (Å²) in [7, 11) is 0. The van der Waals surface area contributed by atoms with Crippen LogP contribution < -0.4 is 11.2 Å². The maximum atomic E-state index is 12.6. The molecule has 0 radical (unpaired) electrons. The molecule has 2 heterocycles. The van der Waals surface area contributed by atoms with Crippen LogP contribution in [0.25, 0.3) is 11.2 Å². The largest absolute Gasteiger partial charge is 0.340 e. The Balaban J connectivity index is 2.33. The van der Waals surface area contributed by atoms with Crippen LogP contribution in [-0.4, -0.2) is 8.97 Å². The molecule has 0 aliphatic rings. The summed E-state index contributed by atoms with van der Waals surface area (Å²) in [6.07, 6.45) is 1.67. The van der Waals surface area contributed by atoms with E-state index in [2.05, 4.69) is 13.8 Å². The molecule has 1 aromatic carbocycles. The fourth-order valence-electron chi connectivity index (χ4n) is 2.40. The van der Waals surface area contributed by atoms with Crippen LogP contribution in [0.2, 0.25) is 0 Å². The highest BCUT2D eigenvalue weighted by atomic mass is 16.2. The molecule has 0 aliphatic carbocycles. The zero-order chi connectivity index (χ0) is 15.0. The van der Waals surface area contributed by atoms with Crippen molar-refractivity contribution in [3.8, 4) is 5.69 Å². The summed E-state index contributed by atoms with van der Waals surface area (Å²) in [5, 5.41) is 0. The summed E-state index contributed by atoms with van der Waals surface area (Å²) in [6, 6.07) is 14.3. The van der Waals surface area contributed by atoms with Gasteiger partial charge in [0.25, 0.3) is 5.56 Å². The lowest BCUT2D eigenvalue weighted by Crippen LogP contribution is -2.35. The molecule has 2 aromatic heterocycles. The molecule has 0 saturated carbocycles. The molecule has 0 aliphatic heterocycles. The van der Waals surface area contributed by atoms with E-state index < -0.39 is 0 Å². The highest BCUT2D eigenvalue weighted by molar-refractivity contribution is 5.46. The van der Waals surface area contributed by atoms with Gasteiger partial charge in [0.1, 0.15) is 0 Å². The van der Waals surface area contributed by atoms with Crippen molar-refractivity contribution in [3.05, 3.63) is 81.1 Å². The molecule has 21 heavy (non-hydrogen) atoms. The van der Waals surface area contributed by atoms with E-state index in [0.717, 1.165) is 5.56 Å². The summed E-state index contributed by atoms with van der Waals surface area (Å²) in [5.41, 5.74) is 1.64. The normalized spacial score (nSPS) is 11.2. The average Bonchev–Trinajstić information content (AvgIpc) is 2.47. The molecule has 4 nitrogen and oxygen atoms in total. The first kappa shape index (κ1) is 13.4. The SMILES string of the molecule is CC(C)c1cccc(-n2c(=O)cc3ccccn3c2=O)c1. The summed E-state index contributed by atoms with van der Waals surface area (Å²) in [4.78, 5) is 24.8. The molecule has 0 saturated heterocycles. The van der Waals surface area contributed by atoms with Crippen LogP contribution in [0.3, 0.4) is 0 Å². The van der Waals surface area contributed by atoms with Crippen LogP contribution >= 0.6 is 0 Å². The average molecular weight is 280 g/mol. The molecular weight excluding hydrogens is 264 g/mol. The second kappa shape index (κ2) is 5.05. The van der Waals surface area contributed by atoms with Crippen molar-refractivity contribution < 1.29 is 0 Å². The predicted octanol–water partition coefficient (Wildman–Crippen LogP) is 2.57. The van der Waals surface area contributed by atoms with E-state index >= 15 is 0 Å². The van der Waals surface area contributed by atoms with Gasteiger partial charge in [0.15, 0.2) is 0 Å². The van der Waals surface area contributed by atoms with Gasteiger partial charge in [0.2, 0.25) is 0 Å². The van der Waals surface area contributed by atoms with Crippen molar-refractivity contribution >= 4 is 5.52 Å². The minimum absolute atomic E-state index is 0.313. The third-order valence-electron chi connectivity index (χ3n) is 3.58. The maximum Gasteiger partial charge on any atom is 0.340 e. The van der Waals surface area contributed by atoms with E-state index in [-0.39, 0.29) is 11.2 Å². The topological polar surface area (TPSA) is 43.5 Å². The van der Waals surface area contributed by atoms with E-state index in [4.69, 9.17) is 0 Å². The third kappa shape index (κ3) is 2.29. The van der Waals surface area contributed by atoms with Crippen LogP contribution in [0.15, 0.2) is 64.3 Å². The molecular formula is C17H16N2O2. The van der Waals surface area contributed by atoms with E-state index in [0.29, 0.717) is 17.1 Å². The van der Waals surface area contributed by atoms with E-state index in [1.807, 2.05) is 18.2 Å². The summed E-state index contributed by atoms with van der Waals surface area (Å²) >= 11 is 0. The fraction of sp³-hybridized carbons (Fsp3) is 0.176. The Hall–Kier alpha value is -2.62. The number of aromatic nitrogens is 2. The number of hydrogen-bond donors (Lipinski definition) is 0. The first-order valence-corrected chi connectivity index (χ1v) is 6.92. The Morgan fingerprint density at radius 1 is 0.952 bits per heavy atom. The minimum Gasteiger partial charge on any atom is -0.269 e. The number of hydrogen-bond acceptors (Lipinski definition) is 2. The molecule has 3 rings (SSSR count). The number of nitrogens with zero attached hydrogens (tertiary/aromatic N) is 2. The summed E-state index contributed by atoms with van der Waals surface area (Å²) < 4.78 is 2.68. The lowest BCUT2D eigenvalue weighted by atomic mass is 10.0. The summed E-state index contributed by atoms with van der Waals surface area (Å²) in [6.45, 7) is 4.16. The van der Waals surface area contributed by atoms with Crippen molar-refractivity contribution in [3.63, 3.8) is 0 Å². The van der Waals surface area contributed by atoms with Crippen LogP contribution in [-0.2, 0) is 0 Å². The molecule has 0 unspecified atom stereocenters. The second-order valence-electron chi connectivity index (χ2n) is 5.35. The Labute approximate surface area is 121 Å². The van der Waals surface area contributed by atoms with Crippen LogP contribution in [0.4, 0.5) is 0 Å². The van der Waals surface area contributed by atoms with Crippen LogP contribution in [0, 0.1) is 0 Å². The van der Waals surface area contributed by atoms with E-state index in [1.165, 1.54) is 15.0 Å². The first-order chi connectivity index (χ1) is 10.1. The molecule has 3 aromatic rings. The fourth-order valence-corrected chi connectivity index (χ4v) is 2.40. The van der Waals surface area contributed by atoms with Gasteiger partial charge < -0.3 is 0 Å². The van der Waals surface area contributed by atoms with Gasteiger partial charge in [-0.3, -0.25) is 9.20 Å². The lowest BCUT2D eigenvalue weighted by molar-refractivity contribution is 0.829. The quantitative estimate of drug-likeness (QED) is 0.724. The molecule has 0 fully saturated rings. The highest BCUT2D eigenvalue weighted by Gasteiger charge is 2.09. The Kier molecular flexibility index (Phi) is 3.22.